The lowest BCUT2D eigenvalue weighted by molar-refractivity contribution is -0.205. The minimum atomic E-state index is -1.21. The van der Waals surface area contributed by atoms with Crippen LogP contribution in [0.4, 0.5) is 10.5 Å². The number of piperazine rings is 1. The van der Waals surface area contributed by atoms with E-state index in [0.29, 0.717) is 83.6 Å². The van der Waals surface area contributed by atoms with Crippen LogP contribution < -0.4 is 15.6 Å². The topological polar surface area (TPSA) is 187 Å². The summed E-state index contributed by atoms with van der Waals surface area (Å²) < 4.78 is 46.0. The van der Waals surface area contributed by atoms with E-state index in [2.05, 4.69) is 88.9 Å². The predicted molar refractivity (Wildman–Crippen MR) is 291 cm³/mol. The van der Waals surface area contributed by atoms with Crippen molar-refractivity contribution in [2.75, 3.05) is 90.9 Å². The smallest absolute Gasteiger partial charge is 0.408 e. The van der Waals surface area contributed by atoms with E-state index in [-0.39, 0.29) is 41.6 Å². The number of esters is 1. The van der Waals surface area contributed by atoms with Gasteiger partial charge in [-0.3, -0.25) is 24.6 Å². The van der Waals surface area contributed by atoms with Crippen molar-refractivity contribution in [2.45, 2.75) is 154 Å². The lowest BCUT2D eigenvalue weighted by Gasteiger charge is -2.58. The number of carbonyl (C=O) groups excluding carboxylic acids is 3. The molecule has 0 unspecified atom stereocenters. The number of nitrogens with one attached hydrogen (secondary N) is 2. The molecule has 422 valence electrons. The number of hydrogen-bond donors (Lipinski definition) is 2. The van der Waals surface area contributed by atoms with Crippen molar-refractivity contribution in [3.8, 4) is 22.5 Å². The molecular formula is C59H81N9O10. The van der Waals surface area contributed by atoms with Gasteiger partial charge in [0.1, 0.15) is 35.2 Å². The van der Waals surface area contributed by atoms with Crippen molar-refractivity contribution in [2.24, 2.45) is 16.7 Å². The Kier molecular flexibility index (Phi) is 13.8. The molecule has 2 spiro atoms. The molecule has 2 amide bonds. The number of anilines is 1. The summed E-state index contributed by atoms with van der Waals surface area (Å²) >= 11 is 0. The average Bonchev–Trinajstić information content (AvgIpc) is 4.20. The fourth-order valence-electron chi connectivity index (χ4n) is 13.5. The van der Waals surface area contributed by atoms with Gasteiger partial charge in [-0.05, 0) is 110 Å². The Hall–Kier alpha value is -5.15. The first kappa shape index (κ1) is 53.5. The minimum absolute atomic E-state index is 0.0485. The number of rotatable bonds is 11. The second-order valence-corrected chi connectivity index (χ2v) is 26.4. The molecule has 13 rings (SSSR count). The van der Waals surface area contributed by atoms with E-state index in [1.54, 1.807) is 34.1 Å². The molecule has 2 aliphatic carbocycles. The largest absolute Gasteiger partial charge is 0.464 e. The molecule has 2 saturated carbocycles. The second kappa shape index (κ2) is 20.1. The normalized spacial score (nSPS) is 28.5. The molecule has 19 nitrogen and oxygen atoms in total. The lowest BCUT2D eigenvalue weighted by atomic mass is 9.66. The quantitative estimate of drug-likeness (QED) is 0.143. The van der Waals surface area contributed by atoms with Crippen molar-refractivity contribution in [1.82, 2.24) is 40.1 Å². The Morgan fingerprint density at radius 3 is 2.44 bits per heavy atom. The molecule has 3 aromatic heterocycles. The SMILES string of the molecule is CO[C@@H](C)c1ncc(N2CCN(C3CC3)CC2)cc1-c1c2c3cc(ccc3n1CCO[C@H]1CCOC(C)(C)C1)-c1coc(n1)[C@@H](N1CC3(COC3)C1)[C@H](NC(=O)OC(C)(C)C)C(=O)N1CC3CC(C3)(N1)C(=O)OCC(C)(C)C2. The van der Waals surface area contributed by atoms with Gasteiger partial charge in [0.15, 0.2) is 0 Å². The lowest BCUT2D eigenvalue weighted by Crippen LogP contribution is -2.76. The Morgan fingerprint density at radius 2 is 1.74 bits per heavy atom. The highest BCUT2D eigenvalue weighted by molar-refractivity contribution is 5.95. The maximum absolute atomic E-state index is 15.2. The fraction of sp³-hybridized carbons (Fsp3) is 0.678. The van der Waals surface area contributed by atoms with Crippen LogP contribution in [0.3, 0.4) is 0 Å². The van der Waals surface area contributed by atoms with Gasteiger partial charge >= 0.3 is 12.1 Å². The number of cyclic esters (lactones) is 1. The summed E-state index contributed by atoms with van der Waals surface area (Å²) in [6, 6.07) is 7.43. The van der Waals surface area contributed by atoms with Crippen LogP contribution in [0.15, 0.2) is 41.1 Å². The molecule has 19 heteroatoms. The van der Waals surface area contributed by atoms with Crippen molar-refractivity contribution in [3.05, 3.63) is 53.9 Å². The fourth-order valence-corrected chi connectivity index (χ4v) is 13.5. The molecule has 8 fully saturated rings. The Balaban J connectivity index is 1.01. The number of aromatic nitrogens is 3. The van der Waals surface area contributed by atoms with Gasteiger partial charge in [-0.2, -0.15) is 0 Å². The summed E-state index contributed by atoms with van der Waals surface area (Å²) in [7, 11) is 1.73. The van der Waals surface area contributed by atoms with Gasteiger partial charge in [0, 0.05) is 111 Å². The number of likely N-dealkylation sites (tertiary alicyclic amines) is 1. The zero-order chi connectivity index (χ0) is 54.5. The Morgan fingerprint density at radius 1 is 0.974 bits per heavy atom. The number of pyridine rings is 1. The van der Waals surface area contributed by atoms with Gasteiger partial charge < -0.3 is 47.6 Å². The summed E-state index contributed by atoms with van der Waals surface area (Å²) in [6.45, 7) is 24.4. The van der Waals surface area contributed by atoms with Crippen LogP contribution in [0.1, 0.15) is 123 Å². The van der Waals surface area contributed by atoms with Crippen molar-refractivity contribution in [3.63, 3.8) is 0 Å². The highest BCUT2D eigenvalue weighted by Gasteiger charge is 2.60. The van der Waals surface area contributed by atoms with E-state index in [1.165, 1.54) is 17.9 Å². The van der Waals surface area contributed by atoms with E-state index < -0.39 is 46.6 Å². The summed E-state index contributed by atoms with van der Waals surface area (Å²) in [4.78, 5) is 61.6. The number of hydrazine groups is 1. The van der Waals surface area contributed by atoms with Gasteiger partial charge in [-0.15, -0.1) is 0 Å². The van der Waals surface area contributed by atoms with Crippen LogP contribution in [-0.2, 0) is 51.0 Å². The van der Waals surface area contributed by atoms with Crippen LogP contribution >= 0.6 is 0 Å². The number of fused-ring (bicyclic) bond motifs is 4. The molecule has 2 N–H and O–H groups in total. The molecule has 78 heavy (non-hydrogen) atoms. The summed E-state index contributed by atoms with van der Waals surface area (Å²) in [6.07, 6.45) is 8.42. The third-order valence-corrected chi connectivity index (χ3v) is 17.7. The molecule has 1 aromatic carbocycles. The van der Waals surface area contributed by atoms with Gasteiger partial charge in [0.25, 0.3) is 5.91 Å². The Labute approximate surface area is 458 Å². The number of methoxy groups -OCH3 is 1. The van der Waals surface area contributed by atoms with Crippen molar-refractivity contribution in [1.29, 1.82) is 0 Å². The second-order valence-electron chi connectivity index (χ2n) is 26.4. The number of nitrogens with zero attached hydrogens (tertiary/aromatic N) is 7. The Bertz CT molecular complexity index is 2910. The number of benzene rings is 1. The standard InChI is InChI=1S/C59H81N9O10/c1-36(72-9)47-43(23-40(28-60-47)65-17-15-64(16-18-65)39-11-12-39)49-44-27-56(5,6)33-76-53(70)59-24-37(25-59)29-68(63-59)52(69)48(62-54(71)78-55(2,3)4)50(66-31-58(32-66)34-73-35-58)51-61-45(30-75-51)38-10-13-46(42(44)22-38)67(49)19-21-74-41-14-20-77-57(7,8)26-41/h10,13,22-23,28,30,36-37,39,41,48,50,63H,11-12,14-21,24-27,29,31-35H2,1-9H3,(H,62,71)/t36-,37?,41-,48-,50-,59?/m0/s1. The van der Waals surface area contributed by atoms with Crippen molar-refractivity contribution >= 4 is 34.6 Å². The molecular weight excluding hydrogens is 995 g/mol. The molecule has 7 bridgehead atoms. The first-order valence-corrected chi connectivity index (χ1v) is 28.6. The number of oxazole rings is 1. The predicted octanol–water partition coefficient (Wildman–Crippen LogP) is 7.21. The zero-order valence-electron chi connectivity index (χ0n) is 47.3. The number of hydrogen-bond acceptors (Lipinski definition) is 16. The summed E-state index contributed by atoms with van der Waals surface area (Å²) in [5.41, 5.74) is 7.86. The molecule has 6 saturated heterocycles. The summed E-state index contributed by atoms with van der Waals surface area (Å²) in [5.74, 6) is -0.504. The van der Waals surface area contributed by atoms with Crippen LogP contribution in [-0.4, -0.2) is 168 Å². The highest BCUT2D eigenvalue weighted by Crippen LogP contribution is 2.48. The van der Waals surface area contributed by atoms with E-state index in [9.17, 15) is 9.59 Å². The molecule has 4 atom stereocenters. The maximum Gasteiger partial charge on any atom is 0.408 e. The highest BCUT2D eigenvalue weighted by atomic mass is 16.6. The van der Waals surface area contributed by atoms with E-state index in [4.69, 9.17) is 42.8 Å². The monoisotopic (exact) mass is 1080 g/mol. The first-order valence-electron chi connectivity index (χ1n) is 28.6. The molecule has 4 aromatic rings. The number of carbonyl (C=O) groups is 3. The van der Waals surface area contributed by atoms with Gasteiger partial charge in [0.05, 0.1) is 67.5 Å². The molecule has 7 aliphatic heterocycles. The van der Waals surface area contributed by atoms with Crippen LogP contribution in [0.2, 0.25) is 0 Å². The maximum atomic E-state index is 15.2. The minimum Gasteiger partial charge on any atom is -0.464 e. The average molecular weight is 1080 g/mol. The van der Waals surface area contributed by atoms with E-state index in [0.717, 1.165) is 83.7 Å². The summed E-state index contributed by atoms with van der Waals surface area (Å²) in [5, 5.41) is 5.49. The molecule has 9 aliphatic rings. The van der Waals surface area contributed by atoms with Gasteiger partial charge in [-0.1, -0.05) is 19.9 Å². The van der Waals surface area contributed by atoms with E-state index >= 15 is 4.79 Å². The number of alkyl carbamates (subject to hydrolysis) is 1. The van der Waals surface area contributed by atoms with Gasteiger partial charge in [0.2, 0.25) is 5.89 Å². The third-order valence-electron chi connectivity index (χ3n) is 17.7. The third kappa shape index (κ3) is 10.5. The van der Waals surface area contributed by atoms with Crippen molar-refractivity contribution < 1.29 is 47.2 Å². The molecule has 0 radical (unpaired) electrons. The number of ether oxygens (including phenoxy) is 6. The van der Waals surface area contributed by atoms with Crippen LogP contribution in [0.25, 0.3) is 33.4 Å². The van der Waals surface area contributed by atoms with Crippen LogP contribution in [0, 0.1) is 16.7 Å². The van der Waals surface area contributed by atoms with E-state index in [1.807, 2.05) is 6.20 Å². The molecule has 10 heterocycles. The van der Waals surface area contributed by atoms with Crippen LogP contribution in [0.5, 0.6) is 0 Å². The number of amides is 2. The zero-order valence-corrected chi connectivity index (χ0v) is 47.3. The first-order chi connectivity index (χ1) is 37.2. The van der Waals surface area contributed by atoms with Gasteiger partial charge in [-0.25, -0.2) is 20.0 Å².